The van der Waals surface area contributed by atoms with E-state index in [0.717, 1.165) is 0 Å². The van der Waals surface area contributed by atoms with Crippen LogP contribution in [-0.4, -0.2) is 39.5 Å². The lowest BCUT2D eigenvalue weighted by Crippen LogP contribution is -2.40. The van der Waals surface area contributed by atoms with Gasteiger partial charge in [-0.2, -0.15) is 0 Å². The molecule has 7 heteroatoms. The molecule has 5 nitrogen and oxygen atoms in total. The Hall–Kier alpha value is -3.25. The van der Waals surface area contributed by atoms with Gasteiger partial charge >= 0.3 is 5.97 Å². The van der Waals surface area contributed by atoms with Gasteiger partial charge in [0.05, 0.1) is 11.3 Å². The maximum Gasteiger partial charge on any atom is 0.326 e. The minimum Gasteiger partial charge on any atom is -0.480 e. The van der Waals surface area contributed by atoms with Crippen LogP contribution in [-0.2, 0) is 4.79 Å². The topological polar surface area (TPSA) is 70.5 Å². The number of hydrogen-bond donors (Lipinski definition) is 1. The van der Waals surface area contributed by atoms with E-state index in [1.54, 1.807) is 36.4 Å². The van der Waals surface area contributed by atoms with Gasteiger partial charge in [-0.3, -0.25) is 9.78 Å². The number of rotatable bonds is 4. The number of nitrogens with zero attached hydrogens (tertiary/aromatic N) is 2. The fraction of sp³-hybridized carbons (Fsp3) is 0.174. The SMILES string of the molecule is O=C(O)C1CCCN1C(=O)c1cnc(-c2cccc(F)c2)c(-c2ccccc2Cl)c1. The number of hydrogen-bond acceptors (Lipinski definition) is 3. The van der Waals surface area contributed by atoms with Gasteiger partial charge in [0.15, 0.2) is 0 Å². The second kappa shape index (κ2) is 8.24. The summed E-state index contributed by atoms with van der Waals surface area (Å²) in [6.45, 7) is 0.378. The predicted octanol–water partition coefficient (Wildman–Crippen LogP) is 4.90. The number of carboxylic acids is 1. The fourth-order valence-electron chi connectivity index (χ4n) is 3.76. The van der Waals surface area contributed by atoms with Crippen molar-refractivity contribution >= 4 is 23.5 Å². The molecular formula is C23H18ClFN2O3. The van der Waals surface area contributed by atoms with Gasteiger partial charge in [-0.1, -0.05) is 41.9 Å². The number of amides is 1. The smallest absolute Gasteiger partial charge is 0.326 e. The van der Waals surface area contributed by atoms with E-state index < -0.39 is 23.7 Å². The molecule has 1 unspecified atom stereocenters. The van der Waals surface area contributed by atoms with E-state index in [0.29, 0.717) is 46.8 Å². The van der Waals surface area contributed by atoms with Crippen molar-refractivity contribution < 1.29 is 19.1 Å². The highest BCUT2D eigenvalue weighted by atomic mass is 35.5. The van der Waals surface area contributed by atoms with Crippen LogP contribution >= 0.6 is 11.6 Å². The number of aliphatic carboxylic acids is 1. The van der Waals surface area contributed by atoms with Crippen molar-refractivity contribution in [3.63, 3.8) is 0 Å². The van der Waals surface area contributed by atoms with E-state index in [9.17, 15) is 19.1 Å². The van der Waals surface area contributed by atoms with Crippen LogP contribution in [0, 0.1) is 5.82 Å². The third-order valence-corrected chi connectivity index (χ3v) is 5.53. The number of pyridine rings is 1. The molecule has 1 atom stereocenters. The maximum atomic E-state index is 13.8. The Morgan fingerprint density at radius 3 is 2.63 bits per heavy atom. The average molecular weight is 425 g/mol. The van der Waals surface area contributed by atoms with Gasteiger partial charge in [0.2, 0.25) is 0 Å². The van der Waals surface area contributed by atoms with E-state index in [2.05, 4.69) is 4.98 Å². The van der Waals surface area contributed by atoms with E-state index in [1.807, 2.05) is 6.07 Å². The van der Waals surface area contributed by atoms with E-state index in [1.165, 1.54) is 23.2 Å². The molecule has 1 fully saturated rings. The lowest BCUT2D eigenvalue weighted by molar-refractivity contribution is -0.141. The molecule has 0 aliphatic carbocycles. The van der Waals surface area contributed by atoms with Gasteiger partial charge in [0.25, 0.3) is 5.91 Å². The van der Waals surface area contributed by atoms with Crippen LogP contribution in [0.3, 0.4) is 0 Å². The maximum absolute atomic E-state index is 13.8. The summed E-state index contributed by atoms with van der Waals surface area (Å²) in [6, 6.07) is 14.0. The van der Waals surface area contributed by atoms with Crippen molar-refractivity contribution in [3.05, 3.63) is 77.2 Å². The molecule has 1 saturated heterocycles. The molecule has 0 spiro atoms. The van der Waals surface area contributed by atoms with Crippen LogP contribution in [0.5, 0.6) is 0 Å². The minimum absolute atomic E-state index is 0.262. The second-order valence-corrected chi connectivity index (χ2v) is 7.51. The van der Waals surface area contributed by atoms with Gasteiger partial charge < -0.3 is 10.0 Å². The number of carbonyl (C=O) groups excluding carboxylic acids is 1. The Morgan fingerprint density at radius 2 is 1.90 bits per heavy atom. The highest BCUT2D eigenvalue weighted by Crippen LogP contribution is 2.36. The molecule has 0 bridgehead atoms. The summed E-state index contributed by atoms with van der Waals surface area (Å²) in [6.07, 6.45) is 2.46. The summed E-state index contributed by atoms with van der Waals surface area (Å²) < 4.78 is 13.8. The number of carboxylic acid groups (broad SMARTS) is 1. The van der Waals surface area contributed by atoms with E-state index in [4.69, 9.17) is 11.6 Å². The summed E-state index contributed by atoms with van der Waals surface area (Å²) in [7, 11) is 0. The van der Waals surface area contributed by atoms with Crippen LogP contribution in [0.15, 0.2) is 60.8 Å². The Labute approximate surface area is 177 Å². The molecule has 1 aliphatic rings. The number of aromatic nitrogens is 1. The molecule has 4 rings (SSSR count). The lowest BCUT2D eigenvalue weighted by Gasteiger charge is -2.22. The number of benzene rings is 2. The summed E-state index contributed by atoms with van der Waals surface area (Å²) in [5.41, 5.74) is 2.52. The Balaban J connectivity index is 1.84. The predicted molar refractivity (Wildman–Crippen MR) is 112 cm³/mol. The average Bonchev–Trinajstić information content (AvgIpc) is 3.23. The third-order valence-electron chi connectivity index (χ3n) is 5.20. The van der Waals surface area contributed by atoms with Crippen LogP contribution in [0.4, 0.5) is 4.39 Å². The molecule has 1 N–H and O–H groups in total. The first kappa shape index (κ1) is 20.0. The molecule has 1 amide bonds. The Kier molecular flexibility index (Phi) is 5.50. The normalized spacial score (nSPS) is 15.9. The van der Waals surface area contributed by atoms with Crippen LogP contribution in [0.1, 0.15) is 23.2 Å². The molecule has 3 aromatic rings. The van der Waals surface area contributed by atoms with Gasteiger partial charge in [0.1, 0.15) is 11.9 Å². The Bertz CT molecular complexity index is 1130. The molecule has 30 heavy (non-hydrogen) atoms. The van der Waals surface area contributed by atoms with Crippen molar-refractivity contribution in [1.82, 2.24) is 9.88 Å². The van der Waals surface area contributed by atoms with E-state index >= 15 is 0 Å². The first-order valence-electron chi connectivity index (χ1n) is 9.50. The number of carbonyl (C=O) groups is 2. The second-order valence-electron chi connectivity index (χ2n) is 7.11. The lowest BCUT2D eigenvalue weighted by atomic mass is 9.97. The summed E-state index contributed by atoms with van der Waals surface area (Å²) in [5.74, 6) is -1.82. The first-order valence-corrected chi connectivity index (χ1v) is 9.88. The zero-order chi connectivity index (χ0) is 21.3. The highest BCUT2D eigenvalue weighted by molar-refractivity contribution is 6.33. The van der Waals surface area contributed by atoms with Crippen LogP contribution in [0.25, 0.3) is 22.4 Å². The fourth-order valence-corrected chi connectivity index (χ4v) is 4.00. The standard InChI is InChI=1S/C23H18ClFN2O3/c24-19-8-2-1-7-17(19)18-12-15(22(28)27-10-4-9-20(27)23(29)30)13-26-21(18)14-5-3-6-16(25)11-14/h1-3,5-8,11-13,20H,4,9-10H2,(H,29,30). The highest BCUT2D eigenvalue weighted by Gasteiger charge is 2.34. The zero-order valence-corrected chi connectivity index (χ0v) is 16.6. The summed E-state index contributed by atoms with van der Waals surface area (Å²) >= 11 is 6.40. The minimum atomic E-state index is -1.02. The molecule has 1 aliphatic heterocycles. The van der Waals surface area contributed by atoms with Crippen molar-refractivity contribution in [2.75, 3.05) is 6.54 Å². The largest absolute Gasteiger partial charge is 0.480 e. The van der Waals surface area contributed by atoms with Crippen LogP contribution in [0.2, 0.25) is 5.02 Å². The number of likely N-dealkylation sites (tertiary alicyclic amines) is 1. The molecule has 1 aromatic heterocycles. The van der Waals surface area contributed by atoms with Crippen molar-refractivity contribution in [1.29, 1.82) is 0 Å². The van der Waals surface area contributed by atoms with Crippen LogP contribution < -0.4 is 0 Å². The Morgan fingerprint density at radius 1 is 1.10 bits per heavy atom. The zero-order valence-electron chi connectivity index (χ0n) is 15.9. The van der Waals surface area contributed by atoms with Crippen molar-refractivity contribution in [2.45, 2.75) is 18.9 Å². The molecule has 152 valence electrons. The van der Waals surface area contributed by atoms with Crippen molar-refractivity contribution in [2.24, 2.45) is 0 Å². The molecular weight excluding hydrogens is 407 g/mol. The molecule has 2 heterocycles. The summed E-state index contributed by atoms with van der Waals surface area (Å²) in [5, 5.41) is 9.87. The molecule has 0 saturated carbocycles. The van der Waals surface area contributed by atoms with Gasteiger partial charge in [-0.25, -0.2) is 9.18 Å². The van der Waals surface area contributed by atoms with Gasteiger partial charge in [-0.05, 0) is 37.1 Å². The summed E-state index contributed by atoms with van der Waals surface area (Å²) in [4.78, 5) is 30.4. The van der Waals surface area contributed by atoms with E-state index in [-0.39, 0.29) is 5.56 Å². The van der Waals surface area contributed by atoms with Crippen molar-refractivity contribution in [3.8, 4) is 22.4 Å². The monoisotopic (exact) mass is 424 g/mol. The van der Waals surface area contributed by atoms with Gasteiger partial charge in [-0.15, -0.1) is 0 Å². The molecule has 2 aromatic carbocycles. The molecule has 0 radical (unpaired) electrons. The quantitative estimate of drug-likeness (QED) is 0.646. The van der Waals surface area contributed by atoms with Gasteiger partial charge in [0, 0.05) is 34.5 Å². The first-order chi connectivity index (χ1) is 14.5. The number of halogens is 2. The third kappa shape index (κ3) is 3.78.